The van der Waals surface area contributed by atoms with Gasteiger partial charge in [-0.2, -0.15) is 0 Å². The number of benzene rings is 2. The standard InChI is InChI=1S/C28H26N4O8/c1-16(34)31-13-21(30-27(39)26(38)20-11-10-17-6-2-3-7-19(17)20)28(40)32(23-9-5-4-8-22(23)31)14-24(35)29-18(15-33)12-25(36)37/h2-9,11,15,18,21H,10,12-14H2,1H3,(H,29,35)(H,30,39)(H,36,37)/t18-,21-/m0/s1. The van der Waals surface area contributed by atoms with E-state index in [0.29, 0.717) is 12.0 Å². The molecule has 0 bridgehead atoms. The topological polar surface area (TPSA) is 170 Å². The molecule has 206 valence electrons. The van der Waals surface area contributed by atoms with Crippen molar-refractivity contribution in [3.63, 3.8) is 0 Å². The third-order valence-corrected chi connectivity index (χ3v) is 6.57. The highest BCUT2D eigenvalue weighted by molar-refractivity contribution is 6.54. The number of fused-ring (bicyclic) bond motifs is 2. The van der Waals surface area contributed by atoms with Crippen molar-refractivity contribution in [1.29, 1.82) is 0 Å². The molecule has 3 N–H and O–H groups in total. The van der Waals surface area contributed by atoms with Gasteiger partial charge in [0.2, 0.25) is 17.6 Å². The average molecular weight is 547 g/mol. The first kappa shape index (κ1) is 27.9. The van der Waals surface area contributed by atoms with Gasteiger partial charge in [-0.05, 0) is 29.7 Å². The van der Waals surface area contributed by atoms with E-state index in [-0.39, 0.29) is 29.8 Å². The summed E-state index contributed by atoms with van der Waals surface area (Å²) >= 11 is 0. The summed E-state index contributed by atoms with van der Waals surface area (Å²) in [4.78, 5) is 89.8. The summed E-state index contributed by atoms with van der Waals surface area (Å²) in [5.41, 5.74) is 2.17. The summed E-state index contributed by atoms with van der Waals surface area (Å²) in [6.45, 7) is 0.312. The van der Waals surface area contributed by atoms with E-state index in [2.05, 4.69) is 10.6 Å². The molecule has 0 spiro atoms. The molecule has 1 aliphatic heterocycles. The van der Waals surface area contributed by atoms with E-state index in [1.54, 1.807) is 36.4 Å². The van der Waals surface area contributed by atoms with Gasteiger partial charge in [-0.15, -0.1) is 0 Å². The highest BCUT2D eigenvalue weighted by Crippen LogP contribution is 2.33. The molecule has 2 aromatic carbocycles. The van der Waals surface area contributed by atoms with Crippen molar-refractivity contribution in [2.24, 2.45) is 0 Å². The number of nitrogens with zero attached hydrogens (tertiary/aromatic N) is 2. The van der Waals surface area contributed by atoms with Gasteiger partial charge < -0.3 is 25.4 Å². The Kier molecular flexibility index (Phi) is 8.18. The fourth-order valence-electron chi connectivity index (χ4n) is 4.72. The van der Waals surface area contributed by atoms with E-state index in [4.69, 9.17) is 5.11 Å². The summed E-state index contributed by atoms with van der Waals surface area (Å²) in [5.74, 6) is -5.28. The Morgan fingerprint density at radius 1 is 1.05 bits per heavy atom. The SMILES string of the molecule is CC(=O)N1C[C@H](NC(=O)C(=O)C2=CCc3ccccc32)C(=O)N(CC(=O)N[C@H](C=O)CC(=O)O)c2ccccc21. The molecule has 1 aliphatic carbocycles. The first-order valence-corrected chi connectivity index (χ1v) is 12.4. The molecule has 0 radical (unpaired) electrons. The predicted molar refractivity (Wildman–Crippen MR) is 142 cm³/mol. The van der Waals surface area contributed by atoms with Gasteiger partial charge in [0.15, 0.2) is 0 Å². The largest absolute Gasteiger partial charge is 0.481 e. The number of hydrogen-bond acceptors (Lipinski definition) is 7. The summed E-state index contributed by atoms with van der Waals surface area (Å²) in [6.07, 6.45) is 1.73. The first-order valence-electron chi connectivity index (χ1n) is 12.4. The van der Waals surface area contributed by atoms with Crippen molar-refractivity contribution in [2.75, 3.05) is 22.9 Å². The normalized spacial score (nSPS) is 16.6. The average Bonchev–Trinajstić information content (AvgIpc) is 3.32. The molecule has 0 fully saturated rings. The maximum atomic E-state index is 13.7. The molecule has 0 aromatic heterocycles. The lowest BCUT2D eigenvalue weighted by molar-refractivity contribution is -0.139. The monoisotopic (exact) mass is 546 g/mol. The van der Waals surface area contributed by atoms with E-state index in [1.165, 1.54) is 17.9 Å². The molecule has 40 heavy (non-hydrogen) atoms. The summed E-state index contributed by atoms with van der Waals surface area (Å²) < 4.78 is 0. The molecule has 1 heterocycles. The first-order chi connectivity index (χ1) is 19.1. The minimum Gasteiger partial charge on any atom is -0.481 e. The highest BCUT2D eigenvalue weighted by Gasteiger charge is 2.38. The number of aliphatic carboxylic acids is 1. The number of para-hydroxylation sites is 2. The lowest BCUT2D eigenvalue weighted by Crippen LogP contribution is -2.55. The maximum Gasteiger partial charge on any atom is 0.305 e. The van der Waals surface area contributed by atoms with Gasteiger partial charge in [-0.3, -0.25) is 33.7 Å². The lowest BCUT2D eigenvalue weighted by Gasteiger charge is -2.25. The Balaban J connectivity index is 1.61. The number of anilines is 2. The Bertz CT molecular complexity index is 1450. The van der Waals surface area contributed by atoms with E-state index < -0.39 is 60.4 Å². The van der Waals surface area contributed by atoms with E-state index in [9.17, 15) is 33.6 Å². The minimum atomic E-state index is -1.40. The summed E-state index contributed by atoms with van der Waals surface area (Å²) in [7, 11) is 0. The smallest absolute Gasteiger partial charge is 0.305 e. The Morgan fingerprint density at radius 3 is 2.40 bits per heavy atom. The number of allylic oxidation sites excluding steroid dienone is 1. The van der Waals surface area contributed by atoms with Crippen molar-refractivity contribution >= 4 is 58.6 Å². The van der Waals surface area contributed by atoms with Crippen LogP contribution in [0.3, 0.4) is 0 Å². The minimum absolute atomic E-state index is 0.175. The van der Waals surface area contributed by atoms with Gasteiger partial charge in [0.25, 0.3) is 11.8 Å². The third-order valence-electron chi connectivity index (χ3n) is 6.57. The molecule has 0 saturated heterocycles. The Morgan fingerprint density at radius 2 is 1.73 bits per heavy atom. The zero-order chi connectivity index (χ0) is 29.0. The van der Waals surface area contributed by atoms with Gasteiger partial charge in [0.1, 0.15) is 18.9 Å². The molecule has 0 saturated carbocycles. The van der Waals surface area contributed by atoms with Crippen LogP contribution in [0, 0.1) is 0 Å². The number of hydrogen-bond donors (Lipinski definition) is 3. The van der Waals surface area contributed by atoms with Crippen molar-refractivity contribution in [2.45, 2.75) is 31.8 Å². The van der Waals surface area contributed by atoms with Crippen LogP contribution in [0.2, 0.25) is 0 Å². The second-order valence-corrected chi connectivity index (χ2v) is 9.28. The number of ketones is 1. The Hall–Kier alpha value is -5.13. The predicted octanol–water partition coefficient (Wildman–Crippen LogP) is 0.238. The van der Waals surface area contributed by atoms with Crippen LogP contribution in [-0.4, -0.2) is 71.9 Å². The number of Topliss-reactive ketones (excluding diaryl/α,β-unsaturated/α-hetero) is 1. The van der Waals surface area contributed by atoms with Crippen LogP contribution >= 0.6 is 0 Å². The zero-order valence-electron chi connectivity index (χ0n) is 21.5. The van der Waals surface area contributed by atoms with E-state index in [1.807, 2.05) is 12.1 Å². The molecule has 2 atom stereocenters. The number of carbonyl (C=O) groups excluding carboxylic acids is 6. The van der Waals surface area contributed by atoms with Gasteiger partial charge in [-0.25, -0.2) is 0 Å². The maximum absolute atomic E-state index is 13.7. The van der Waals surface area contributed by atoms with Crippen molar-refractivity contribution in [1.82, 2.24) is 10.6 Å². The van der Waals surface area contributed by atoms with Crippen LogP contribution in [-0.2, 0) is 40.0 Å². The number of aldehydes is 1. The molecule has 4 rings (SSSR count). The number of carboxylic acids is 1. The fourth-order valence-corrected chi connectivity index (χ4v) is 4.72. The van der Waals surface area contributed by atoms with E-state index in [0.717, 1.165) is 10.5 Å². The van der Waals surface area contributed by atoms with Crippen LogP contribution in [0.5, 0.6) is 0 Å². The molecule has 0 unspecified atom stereocenters. The molecule has 4 amide bonds. The summed E-state index contributed by atoms with van der Waals surface area (Å²) in [6, 6.07) is 10.7. The van der Waals surface area contributed by atoms with Crippen LogP contribution in [0.15, 0.2) is 54.6 Å². The number of nitrogens with one attached hydrogen (secondary N) is 2. The molecular weight excluding hydrogens is 520 g/mol. The third kappa shape index (κ3) is 5.80. The van der Waals surface area contributed by atoms with Crippen LogP contribution < -0.4 is 20.4 Å². The van der Waals surface area contributed by atoms with Crippen LogP contribution in [0.1, 0.15) is 24.5 Å². The molecule has 2 aromatic rings. The van der Waals surface area contributed by atoms with Crippen molar-refractivity contribution < 1.29 is 38.7 Å². The molecule has 12 nitrogen and oxygen atoms in total. The fraction of sp³-hybridized carbons (Fsp3) is 0.250. The lowest BCUT2D eigenvalue weighted by atomic mass is 10.0. The van der Waals surface area contributed by atoms with Crippen molar-refractivity contribution in [3.8, 4) is 0 Å². The molecular formula is C28H26N4O8. The quantitative estimate of drug-likeness (QED) is 0.297. The Labute approximate surface area is 228 Å². The number of rotatable bonds is 9. The highest BCUT2D eigenvalue weighted by atomic mass is 16.4. The van der Waals surface area contributed by atoms with Gasteiger partial charge in [0, 0.05) is 12.5 Å². The second-order valence-electron chi connectivity index (χ2n) is 9.28. The number of carbonyl (C=O) groups is 7. The van der Waals surface area contributed by atoms with E-state index >= 15 is 0 Å². The molecule has 2 aliphatic rings. The second kappa shape index (κ2) is 11.7. The van der Waals surface area contributed by atoms with Crippen molar-refractivity contribution in [3.05, 3.63) is 65.7 Å². The van der Waals surface area contributed by atoms with Crippen LogP contribution in [0.25, 0.3) is 5.57 Å². The van der Waals surface area contributed by atoms with Gasteiger partial charge in [-0.1, -0.05) is 42.5 Å². The number of amides is 4. The van der Waals surface area contributed by atoms with Gasteiger partial charge >= 0.3 is 5.97 Å². The zero-order valence-corrected chi connectivity index (χ0v) is 21.5. The molecule has 12 heteroatoms. The van der Waals surface area contributed by atoms with Crippen LogP contribution in [0.4, 0.5) is 11.4 Å². The number of carboxylic acid groups (broad SMARTS) is 1. The summed E-state index contributed by atoms with van der Waals surface area (Å²) in [5, 5.41) is 13.6. The van der Waals surface area contributed by atoms with Gasteiger partial charge in [0.05, 0.1) is 30.4 Å².